The zero-order valence-corrected chi connectivity index (χ0v) is 15.0. The van der Waals surface area contributed by atoms with Crippen LogP contribution in [-0.2, 0) is 0 Å². The van der Waals surface area contributed by atoms with Crippen LogP contribution in [0.15, 0.2) is 48.5 Å². The van der Waals surface area contributed by atoms with Crippen LogP contribution < -0.4 is 14.4 Å². The lowest BCUT2D eigenvalue weighted by molar-refractivity contribution is 0.0662. The Balaban J connectivity index is 1.41. The van der Waals surface area contributed by atoms with Crippen molar-refractivity contribution in [3.8, 4) is 17.2 Å². The first-order chi connectivity index (χ1) is 12.7. The highest BCUT2D eigenvalue weighted by Gasteiger charge is 2.21. The summed E-state index contributed by atoms with van der Waals surface area (Å²) in [6, 6.07) is 14.7. The molecule has 26 heavy (non-hydrogen) atoms. The largest absolute Gasteiger partial charge is 0.506 e. The van der Waals surface area contributed by atoms with Gasteiger partial charge >= 0.3 is 0 Å². The summed E-state index contributed by atoms with van der Waals surface area (Å²) < 4.78 is 10.8. The molecule has 0 aliphatic carbocycles. The molecule has 3 rings (SSSR count). The number of nitrogens with zero attached hydrogens (tertiary/aromatic N) is 2. The fourth-order valence-corrected chi connectivity index (χ4v) is 3.12. The lowest BCUT2D eigenvalue weighted by Gasteiger charge is -2.37. The third kappa shape index (κ3) is 4.80. The molecule has 1 fully saturated rings. The number of aromatic hydroxyl groups is 1. The van der Waals surface area contributed by atoms with Crippen LogP contribution in [0.5, 0.6) is 17.2 Å². The maximum absolute atomic E-state index is 10.2. The van der Waals surface area contributed by atoms with Gasteiger partial charge in [0.25, 0.3) is 0 Å². The Kier molecular flexibility index (Phi) is 6.20. The average Bonchev–Trinajstić information content (AvgIpc) is 2.68. The normalized spacial score (nSPS) is 16.3. The number of rotatable bonds is 7. The Hall–Kier alpha value is -2.44. The Labute approximate surface area is 154 Å². The molecule has 0 saturated carbocycles. The van der Waals surface area contributed by atoms with Crippen LogP contribution in [0.2, 0.25) is 0 Å². The third-order valence-corrected chi connectivity index (χ3v) is 4.57. The van der Waals surface area contributed by atoms with Gasteiger partial charge in [0.05, 0.1) is 12.8 Å². The molecule has 0 amide bonds. The topological polar surface area (TPSA) is 65.4 Å². The van der Waals surface area contributed by atoms with Crippen LogP contribution in [0.4, 0.5) is 5.69 Å². The molecule has 6 heteroatoms. The fourth-order valence-electron chi connectivity index (χ4n) is 3.12. The number of para-hydroxylation sites is 2. The van der Waals surface area contributed by atoms with Crippen LogP contribution in [0.3, 0.4) is 0 Å². The van der Waals surface area contributed by atoms with Crippen molar-refractivity contribution < 1.29 is 19.7 Å². The molecule has 1 heterocycles. The predicted octanol–water partition coefficient (Wildman–Crippen LogP) is 1.96. The molecule has 2 aromatic carbocycles. The summed E-state index contributed by atoms with van der Waals surface area (Å²) in [4.78, 5) is 4.39. The van der Waals surface area contributed by atoms with Gasteiger partial charge in [0.1, 0.15) is 30.0 Å². The van der Waals surface area contributed by atoms with E-state index < -0.39 is 6.10 Å². The van der Waals surface area contributed by atoms with Crippen molar-refractivity contribution in [1.29, 1.82) is 0 Å². The smallest absolute Gasteiger partial charge is 0.138 e. The Morgan fingerprint density at radius 3 is 2.27 bits per heavy atom. The summed E-state index contributed by atoms with van der Waals surface area (Å²) in [7, 11) is 1.62. The molecule has 1 saturated heterocycles. The van der Waals surface area contributed by atoms with E-state index in [1.165, 1.54) is 0 Å². The van der Waals surface area contributed by atoms with Crippen molar-refractivity contribution in [2.75, 3.05) is 51.3 Å². The zero-order valence-electron chi connectivity index (χ0n) is 15.0. The predicted molar refractivity (Wildman–Crippen MR) is 101 cm³/mol. The van der Waals surface area contributed by atoms with Crippen molar-refractivity contribution in [1.82, 2.24) is 4.90 Å². The molecular weight excluding hydrogens is 332 g/mol. The van der Waals surface area contributed by atoms with Gasteiger partial charge in [-0.1, -0.05) is 12.1 Å². The number of anilines is 1. The van der Waals surface area contributed by atoms with Gasteiger partial charge in [0, 0.05) is 32.7 Å². The Bertz CT molecular complexity index is 684. The van der Waals surface area contributed by atoms with E-state index >= 15 is 0 Å². The molecule has 140 valence electrons. The van der Waals surface area contributed by atoms with E-state index in [4.69, 9.17) is 9.47 Å². The summed E-state index contributed by atoms with van der Waals surface area (Å²) in [5.74, 6) is 1.81. The molecule has 2 N–H and O–H groups in total. The van der Waals surface area contributed by atoms with Gasteiger partial charge in [-0.15, -0.1) is 0 Å². The second-order valence-electron chi connectivity index (χ2n) is 6.42. The number of aliphatic hydroxyl groups is 1. The number of hydrogen-bond donors (Lipinski definition) is 2. The fraction of sp³-hybridized carbons (Fsp3) is 0.400. The van der Waals surface area contributed by atoms with Gasteiger partial charge in [0.2, 0.25) is 0 Å². The highest BCUT2D eigenvalue weighted by Crippen LogP contribution is 2.27. The van der Waals surface area contributed by atoms with E-state index in [-0.39, 0.29) is 6.61 Å². The van der Waals surface area contributed by atoms with Crippen molar-refractivity contribution in [3.05, 3.63) is 48.5 Å². The van der Waals surface area contributed by atoms with E-state index in [2.05, 4.69) is 9.80 Å². The number of hydrogen-bond acceptors (Lipinski definition) is 6. The second kappa shape index (κ2) is 8.78. The van der Waals surface area contributed by atoms with Crippen LogP contribution in [0.25, 0.3) is 0 Å². The van der Waals surface area contributed by atoms with E-state index in [1.807, 2.05) is 42.5 Å². The van der Waals surface area contributed by atoms with Gasteiger partial charge in [-0.3, -0.25) is 4.90 Å². The van der Waals surface area contributed by atoms with Crippen molar-refractivity contribution in [3.63, 3.8) is 0 Å². The molecule has 0 unspecified atom stereocenters. The maximum atomic E-state index is 10.2. The number of aliphatic hydroxyl groups excluding tert-OH is 1. The number of benzene rings is 2. The minimum atomic E-state index is -0.547. The number of β-amino-alcohol motifs (C(OH)–C–C–N with tert-alkyl or cyclic N) is 1. The number of phenols is 1. The summed E-state index contributed by atoms with van der Waals surface area (Å²) in [5.41, 5.74) is 0.871. The van der Waals surface area contributed by atoms with Gasteiger partial charge in [-0.05, 0) is 36.4 Å². The van der Waals surface area contributed by atoms with Crippen LogP contribution in [-0.4, -0.2) is 67.7 Å². The minimum Gasteiger partial charge on any atom is -0.506 e. The number of ether oxygens (including phenoxy) is 2. The molecule has 1 atom stereocenters. The third-order valence-electron chi connectivity index (χ3n) is 4.57. The van der Waals surface area contributed by atoms with Crippen LogP contribution in [0, 0.1) is 0 Å². The van der Waals surface area contributed by atoms with Gasteiger partial charge in [0.15, 0.2) is 0 Å². The molecule has 0 bridgehead atoms. The molecular formula is C20H26N2O4. The summed E-state index contributed by atoms with van der Waals surface area (Å²) in [6.07, 6.45) is -0.547. The molecule has 0 radical (unpaired) electrons. The maximum Gasteiger partial charge on any atom is 0.138 e. The molecule has 0 aromatic heterocycles. The number of piperazine rings is 1. The van der Waals surface area contributed by atoms with Crippen molar-refractivity contribution >= 4 is 5.69 Å². The quantitative estimate of drug-likeness (QED) is 0.789. The highest BCUT2D eigenvalue weighted by molar-refractivity contribution is 5.57. The summed E-state index contributed by atoms with van der Waals surface area (Å²) >= 11 is 0. The van der Waals surface area contributed by atoms with E-state index in [0.29, 0.717) is 18.0 Å². The van der Waals surface area contributed by atoms with E-state index in [1.54, 1.807) is 13.2 Å². The van der Waals surface area contributed by atoms with Gasteiger partial charge in [-0.2, -0.15) is 0 Å². The SMILES string of the molecule is COc1ccc(OC[C@H](O)CN2CCN(c3ccccc3O)CC2)cc1. The van der Waals surface area contributed by atoms with Crippen molar-refractivity contribution in [2.45, 2.75) is 6.10 Å². The molecule has 2 aromatic rings. The number of phenolic OH excluding ortho intramolecular Hbond substituents is 1. The van der Waals surface area contributed by atoms with Crippen molar-refractivity contribution in [2.24, 2.45) is 0 Å². The molecule has 6 nitrogen and oxygen atoms in total. The number of methoxy groups -OCH3 is 1. The lowest BCUT2D eigenvalue weighted by atomic mass is 10.2. The first kappa shape index (κ1) is 18.4. The Morgan fingerprint density at radius 1 is 0.962 bits per heavy atom. The average molecular weight is 358 g/mol. The zero-order chi connectivity index (χ0) is 18.4. The first-order valence-electron chi connectivity index (χ1n) is 8.86. The Morgan fingerprint density at radius 2 is 1.62 bits per heavy atom. The minimum absolute atomic E-state index is 0.256. The van der Waals surface area contributed by atoms with E-state index in [0.717, 1.165) is 37.6 Å². The second-order valence-corrected chi connectivity index (χ2v) is 6.42. The monoisotopic (exact) mass is 358 g/mol. The van der Waals surface area contributed by atoms with Crippen LogP contribution in [0.1, 0.15) is 0 Å². The molecule has 1 aliphatic rings. The van der Waals surface area contributed by atoms with Gasteiger partial charge in [-0.25, -0.2) is 0 Å². The van der Waals surface area contributed by atoms with Gasteiger partial charge < -0.3 is 24.6 Å². The first-order valence-corrected chi connectivity index (χ1v) is 8.86. The molecule has 0 spiro atoms. The summed E-state index contributed by atoms with van der Waals surface area (Å²) in [6.45, 7) is 4.16. The molecule has 1 aliphatic heterocycles. The standard InChI is InChI=1S/C20H26N2O4/c1-25-17-6-8-18(9-7-17)26-15-16(23)14-21-10-12-22(13-11-21)19-4-2-3-5-20(19)24/h2-9,16,23-24H,10-15H2,1H3/t16-/m1/s1. The van der Waals surface area contributed by atoms with E-state index in [9.17, 15) is 10.2 Å². The lowest BCUT2D eigenvalue weighted by Crippen LogP contribution is -2.49. The van der Waals surface area contributed by atoms with Crippen LogP contribution >= 0.6 is 0 Å². The summed E-state index contributed by atoms with van der Waals surface area (Å²) in [5, 5.41) is 20.2. The highest BCUT2D eigenvalue weighted by atomic mass is 16.5.